The fourth-order valence-corrected chi connectivity index (χ4v) is 4.27. The third kappa shape index (κ3) is 4.12. The van der Waals surface area contributed by atoms with E-state index >= 15 is 0 Å². The Hall–Kier alpha value is -0.770. The van der Waals surface area contributed by atoms with E-state index < -0.39 is 0 Å². The third-order valence-corrected chi connectivity index (χ3v) is 5.50. The van der Waals surface area contributed by atoms with Gasteiger partial charge in [0, 0.05) is 15.1 Å². The molecule has 1 unspecified atom stereocenters. The van der Waals surface area contributed by atoms with Gasteiger partial charge in [-0.3, -0.25) is 0 Å². The number of aryl methyl sites for hydroxylation is 2. The summed E-state index contributed by atoms with van der Waals surface area (Å²) in [5.41, 5.74) is 4.24. The number of hydrogen-bond acceptors (Lipinski definition) is 2. The average molecular weight is 363 g/mol. The van der Waals surface area contributed by atoms with Crippen molar-refractivity contribution in [3.63, 3.8) is 0 Å². The van der Waals surface area contributed by atoms with Crippen LogP contribution < -0.4 is 0 Å². The molecule has 0 saturated carbocycles. The topological polar surface area (TPSA) is 20.2 Å². The first-order valence-corrected chi connectivity index (χ1v) is 9.16. The SMILES string of the molecule is OC(CSc1cccc(Br)c1)Cc1ccc2c(c1)CCC2. The molecule has 1 N–H and O–H groups in total. The highest BCUT2D eigenvalue weighted by molar-refractivity contribution is 9.10. The van der Waals surface area contributed by atoms with E-state index in [2.05, 4.69) is 46.3 Å². The molecule has 0 heterocycles. The fourth-order valence-electron chi connectivity index (χ4n) is 2.83. The van der Waals surface area contributed by atoms with Crippen LogP contribution in [0.1, 0.15) is 23.1 Å². The van der Waals surface area contributed by atoms with Gasteiger partial charge < -0.3 is 5.11 Å². The molecule has 0 fully saturated rings. The second-order valence-electron chi connectivity index (χ2n) is 5.58. The number of halogens is 1. The van der Waals surface area contributed by atoms with Crippen molar-refractivity contribution in [1.29, 1.82) is 0 Å². The van der Waals surface area contributed by atoms with Gasteiger partial charge in [0.15, 0.2) is 0 Å². The van der Waals surface area contributed by atoms with Crippen molar-refractivity contribution in [3.05, 3.63) is 63.6 Å². The van der Waals surface area contributed by atoms with Crippen LogP contribution in [0.3, 0.4) is 0 Å². The summed E-state index contributed by atoms with van der Waals surface area (Å²) in [6.07, 6.45) is 4.14. The summed E-state index contributed by atoms with van der Waals surface area (Å²) < 4.78 is 1.08. The number of hydrogen-bond donors (Lipinski definition) is 1. The minimum atomic E-state index is -0.298. The third-order valence-electron chi connectivity index (χ3n) is 3.87. The van der Waals surface area contributed by atoms with E-state index in [0.29, 0.717) is 0 Å². The summed E-state index contributed by atoms with van der Waals surface area (Å²) in [4.78, 5) is 1.19. The van der Waals surface area contributed by atoms with Crippen molar-refractivity contribution >= 4 is 27.7 Å². The van der Waals surface area contributed by atoms with E-state index in [0.717, 1.165) is 16.6 Å². The average Bonchev–Trinajstić information content (AvgIpc) is 2.93. The Morgan fingerprint density at radius 1 is 1.10 bits per heavy atom. The summed E-state index contributed by atoms with van der Waals surface area (Å²) in [7, 11) is 0. The number of fused-ring (bicyclic) bond motifs is 1. The smallest absolute Gasteiger partial charge is 0.0674 e. The summed E-state index contributed by atoms with van der Waals surface area (Å²) in [6, 6.07) is 14.9. The van der Waals surface area contributed by atoms with Crippen LogP contribution in [0.2, 0.25) is 0 Å². The molecule has 21 heavy (non-hydrogen) atoms. The van der Waals surface area contributed by atoms with Crippen LogP contribution in [0, 0.1) is 0 Å². The quantitative estimate of drug-likeness (QED) is 0.782. The van der Waals surface area contributed by atoms with Crippen molar-refractivity contribution in [2.45, 2.75) is 36.7 Å². The molecule has 1 atom stereocenters. The van der Waals surface area contributed by atoms with Crippen molar-refractivity contribution in [3.8, 4) is 0 Å². The monoisotopic (exact) mass is 362 g/mol. The lowest BCUT2D eigenvalue weighted by molar-refractivity contribution is 0.200. The predicted molar refractivity (Wildman–Crippen MR) is 93.0 cm³/mol. The van der Waals surface area contributed by atoms with Crippen molar-refractivity contribution in [1.82, 2.24) is 0 Å². The van der Waals surface area contributed by atoms with Crippen molar-refractivity contribution in [2.75, 3.05) is 5.75 Å². The minimum Gasteiger partial charge on any atom is -0.392 e. The molecule has 2 aromatic rings. The van der Waals surface area contributed by atoms with Gasteiger partial charge in [-0.1, -0.05) is 40.2 Å². The van der Waals surface area contributed by atoms with Gasteiger partial charge in [0.25, 0.3) is 0 Å². The largest absolute Gasteiger partial charge is 0.392 e. The number of rotatable bonds is 5. The fraction of sp³-hybridized carbons (Fsp3) is 0.333. The Labute approximate surface area is 138 Å². The standard InChI is InChI=1S/C18H19BrOS/c19-16-5-2-6-18(11-16)21-12-17(20)10-13-7-8-14-3-1-4-15(14)9-13/h2,5-9,11,17,20H,1,3-4,10,12H2. The first kappa shape index (κ1) is 15.1. The lowest BCUT2D eigenvalue weighted by Crippen LogP contribution is -2.13. The van der Waals surface area contributed by atoms with E-state index in [1.54, 1.807) is 11.8 Å². The van der Waals surface area contributed by atoms with Gasteiger partial charge in [-0.05, 0) is 60.6 Å². The lowest BCUT2D eigenvalue weighted by atomic mass is 10.0. The van der Waals surface area contributed by atoms with Crippen LogP contribution in [-0.4, -0.2) is 17.0 Å². The molecule has 0 spiro atoms. The summed E-state index contributed by atoms with van der Waals surface area (Å²) in [5.74, 6) is 0.730. The molecule has 2 aromatic carbocycles. The molecule has 3 heteroatoms. The van der Waals surface area contributed by atoms with Crippen LogP contribution in [0.5, 0.6) is 0 Å². The highest BCUT2D eigenvalue weighted by Crippen LogP contribution is 2.25. The predicted octanol–water partition coefficient (Wildman–Crippen LogP) is 4.63. The van der Waals surface area contributed by atoms with Crippen LogP contribution in [0.25, 0.3) is 0 Å². The Bertz CT molecular complexity index is 626. The number of aliphatic hydroxyl groups is 1. The molecule has 0 amide bonds. The van der Waals surface area contributed by atoms with E-state index in [4.69, 9.17) is 0 Å². The van der Waals surface area contributed by atoms with Gasteiger partial charge in [0.1, 0.15) is 0 Å². The van der Waals surface area contributed by atoms with Crippen LogP contribution >= 0.6 is 27.7 Å². The van der Waals surface area contributed by atoms with Gasteiger partial charge in [-0.25, -0.2) is 0 Å². The van der Waals surface area contributed by atoms with E-state index in [1.807, 2.05) is 12.1 Å². The zero-order valence-corrected chi connectivity index (χ0v) is 14.3. The second kappa shape index (κ2) is 6.99. The summed E-state index contributed by atoms with van der Waals surface area (Å²) >= 11 is 5.18. The Kier molecular flexibility index (Phi) is 5.04. The second-order valence-corrected chi connectivity index (χ2v) is 7.59. The van der Waals surface area contributed by atoms with E-state index in [9.17, 15) is 5.11 Å². The molecule has 0 aromatic heterocycles. The van der Waals surface area contributed by atoms with Crippen molar-refractivity contribution in [2.24, 2.45) is 0 Å². The zero-order chi connectivity index (χ0) is 14.7. The summed E-state index contributed by atoms with van der Waals surface area (Å²) in [5, 5.41) is 10.2. The molecule has 0 radical (unpaired) electrons. The normalized spacial score (nSPS) is 15.0. The molecule has 1 aliphatic rings. The maximum atomic E-state index is 10.2. The molecule has 3 rings (SSSR count). The zero-order valence-electron chi connectivity index (χ0n) is 11.9. The minimum absolute atomic E-state index is 0.298. The number of thioether (sulfide) groups is 1. The van der Waals surface area contributed by atoms with Crippen LogP contribution in [0.4, 0.5) is 0 Å². The van der Waals surface area contributed by atoms with Gasteiger partial charge >= 0.3 is 0 Å². The van der Waals surface area contributed by atoms with Crippen molar-refractivity contribution < 1.29 is 5.11 Å². The maximum absolute atomic E-state index is 10.2. The molecular formula is C18H19BrOS. The van der Waals surface area contributed by atoms with Crippen LogP contribution in [-0.2, 0) is 19.3 Å². The van der Waals surface area contributed by atoms with Gasteiger partial charge in [-0.15, -0.1) is 11.8 Å². The van der Waals surface area contributed by atoms with Crippen LogP contribution in [0.15, 0.2) is 51.8 Å². The molecule has 1 aliphatic carbocycles. The first-order chi connectivity index (χ1) is 10.2. The Balaban J connectivity index is 1.55. The van der Waals surface area contributed by atoms with E-state index in [-0.39, 0.29) is 6.10 Å². The molecule has 0 saturated heterocycles. The molecule has 110 valence electrons. The molecule has 0 bridgehead atoms. The highest BCUT2D eigenvalue weighted by Gasteiger charge is 2.13. The van der Waals surface area contributed by atoms with E-state index in [1.165, 1.54) is 40.8 Å². The molecule has 1 nitrogen and oxygen atoms in total. The van der Waals surface area contributed by atoms with Gasteiger partial charge in [0.05, 0.1) is 6.10 Å². The number of benzene rings is 2. The lowest BCUT2D eigenvalue weighted by Gasteiger charge is -2.12. The number of aliphatic hydroxyl groups excluding tert-OH is 1. The maximum Gasteiger partial charge on any atom is 0.0674 e. The molecule has 0 aliphatic heterocycles. The van der Waals surface area contributed by atoms with Gasteiger partial charge in [-0.2, -0.15) is 0 Å². The Morgan fingerprint density at radius 3 is 2.81 bits per heavy atom. The first-order valence-electron chi connectivity index (χ1n) is 7.38. The highest BCUT2D eigenvalue weighted by atomic mass is 79.9. The Morgan fingerprint density at radius 2 is 1.95 bits per heavy atom. The van der Waals surface area contributed by atoms with Gasteiger partial charge in [0.2, 0.25) is 0 Å². The summed E-state index contributed by atoms with van der Waals surface area (Å²) in [6.45, 7) is 0. The molecular weight excluding hydrogens is 344 g/mol.